The van der Waals surface area contributed by atoms with Gasteiger partial charge in [-0.3, -0.25) is 0 Å². The smallest absolute Gasteiger partial charge is 0.202 e. The van der Waals surface area contributed by atoms with Crippen molar-refractivity contribution >= 4 is 23.5 Å². The van der Waals surface area contributed by atoms with Crippen LogP contribution < -0.4 is 4.57 Å². The molecule has 1 aromatic carbocycles. The maximum Gasteiger partial charge on any atom is 0.204 e. The van der Waals surface area contributed by atoms with E-state index in [9.17, 15) is 0 Å². The third-order valence-electron chi connectivity index (χ3n) is 3.20. The Morgan fingerprint density at radius 2 is 1.65 bits per heavy atom. The summed E-state index contributed by atoms with van der Waals surface area (Å²) in [5.74, 6) is 0. The average Bonchev–Trinajstić information content (AvgIpc) is 2.96. The molecule has 2 heterocycles. The molecule has 0 saturated carbocycles. The average molecular weight is 278 g/mol. The van der Waals surface area contributed by atoms with E-state index >= 15 is 0 Å². The van der Waals surface area contributed by atoms with Crippen LogP contribution in [-0.2, 0) is 7.05 Å². The molecular weight excluding hydrogens is 262 g/mol. The predicted molar refractivity (Wildman–Crippen MR) is 86.3 cm³/mol. The summed E-state index contributed by atoms with van der Waals surface area (Å²) >= 11 is 1.82. The van der Waals surface area contributed by atoms with Crippen LogP contribution in [0.1, 0.15) is 10.6 Å². The largest absolute Gasteiger partial charge is 0.204 e. The first-order valence-electron chi connectivity index (χ1n) is 6.61. The van der Waals surface area contributed by atoms with Crippen LogP contribution in [0.4, 0.5) is 0 Å². The molecule has 0 unspecified atom stereocenters. The number of rotatable bonds is 3. The molecule has 3 rings (SSSR count). The zero-order chi connectivity index (χ0) is 13.8. The van der Waals surface area contributed by atoms with E-state index in [2.05, 4.69) is 78.5 Å². The summed E-state index contributed by atoms with van der Waals surface area (Å²) in [6.45, 7) is 0. The van der Waals surface area contributed by atoms with Gasteiger partial charge < -0.3 is 0 Å². The van der Waals surface area contributed by atoms with Gasteiger partial charge in [0.1, 0.15) is 7.05 Å². The van der Waals surface area contributed by atoms with Gasteiger partial charge in [0.2, 0.25) is 5.69 Å². The molecule has 0 aliphatic carbocycles. The molecule has 0 atom stereocenters. The Balaban J connectivity index is 1.83. The van der Waals surface area contributed by atoms with Gasteiger partial charge in [0.15, 0.2) is 6.20 Å². The van der Waals surface area contributed by atoms with E-state index in [1.807, 2.05) is 23.5 Å². The van der Waals surface area contributed by atoms with Crippen LogP contribution >= 0.6 is 11.3 Å². The molecule has 3 aromatic rings. The van der Waals surface area contributed by atoms with Gasteiger partial charge in [-0.15, -0.1) is 11.3 Å². The molecular formula is C18H16NS+. The van der Waals surface area contributed by atoms with Gasteiger partial charge in [-0.1, -0.05) is 30.3 Å². The molecule has 0 N–H and O–H groups in total. The van der Waals surface area contributed by atoms with Crippen molar-refractivity contribution in [3.05, 3.63) is 77.4 Å². The zero-order valence-electron chi connectivity index (χ0n) is 11.4. The van der Waals surface area contributed by atoms with Crippen molar-refractivity contribution in [2.24, 2.45) is 7.05 Å². The summed E-state index contributed by atoms with van der Waals surface area (Å²) in [5, 5.41) is 0. The molecule has 0 amide bonds. The third-order valence-corrected chi connectivity index (χ3v) is 4.30. The van der Waals surface area contributed by atoms with Gasteiger partial charge in [-0.05, 0) is 29.8 Å². The Kier molecular flexibility index (Phi) is 3.75. The van der Waals surface area contributed by atoms with Crippen molar-refractivity contribution in [2.45, 2.75) is 0 Å². The quantitative estimate of drug-likeness (QED) is 0.625. The summed E-state index contributed by atoms with van der Waals surface area (Å²) in [6, 6.07) is 21.1. The van der Waals surface area contributed by atoms with Crippen LogP contribution in [0.15, 0.2) is 66.9 Å². The molecule has 98 valence electrons. The molecule has 2 heteroatoms. The lowest BCUT2D eigenvalue weighted by Crippen LogP contribution is -2.30. The van der Waals surface area contributed by atoms with Crippen LogP contribution in [0.25, 0.3) is 22.6 Å². The van der Waals surface area contributed by atoms with E-state index in [0.717, 1.165) is 0 Å². The summed E-state index contributed by atoms with van der Waals surface area (Å²) in [7, 11) is 2.06. The fraction of sp³-hybridized carbons (Fsp3) is 0.0556. The summed E-state index contributed by atoms with van der Waals surface area (Å²) < 4.78 is 2.11. The van der Waals surface area contributed by atoms with Gasteiger partial charge in [-0.25, -0.2) is 4.57 Å². The number of hydrogen-bond donors (Lipinski definition) is 0. The van der Waals surface area contributed by atoms with Gasteiger partial charge >= 0.3 is 0 Å². The highest BCUT2D eigenvalue weighted by Gasteiger charge is 2.02. The normalized spacial score (nSPS) is 11.1. The number of aryl methyl sites for hydroxylation is 1. The highest BCUT2D eigenvalue weighted by Crippen LogP contribution is 2.28. The first kappa shape index (κ1) is 12.8. The number of aromatic nitrogens is 1. The molecule has 0 bridgehead atoms. The van der Waals surface area contributed by atoms with Gasteiger partial charge in [0, 0.05) is 28.0 Å². The van der Waals surface area contributed by atoms with Crippen LogP contribution in [0.2, 0.25) is 0 Å². The van der Waals surface area contributed by atoms with E-state index in [4.69, 9.17) is 0 Å². The van der Waals surface area contributed by atoms with Crippen molar-refractivity contribution in [1.29, 1.82) is 0 Å². The topological polar surface area (TPSA) is 3.88 Å². The summed E-state index contributed by atoms with van der Waals surface area (Å²) in [5.41, 5.74) is 2.48. The SMILES string of the molecule is C[n+]1ccccc1/C=C/c1ccc(-c2ccccc2)s1. The maximum absolute atomic E-state index is 2.19. The monoisotopic (exact) mass is 278 g/mol. The van der Waals surface area contributed by atoms with E-state index in [1.165, 1.54) is 21.0 Å². The van der Waals surface area contributed by atoms with E-state index in [1.54, 1.807) is 0 Å². The Morgan fingerprint density at radius 3 is 2.45 bits per heavy atom. The van der Waals surface area contributed by atoms with Crippen molar-refractivity contribution in [2.75, 3.05) is 0 Å². The van der Waals surface area contributed by atoms with Gasteiger partial charge in [0.05, 0.1) is 0 Å². The van der Waals surface area contributed by atoms with Crippen LogP contribution in [-0.4, -0.2) is 0 Å². The summed E-state index contributed by atoms with van der Waals surface area (Å²) in [4.78, 5) is 2.58. The number of hydrogen-bond acceptors (Lipinski definition) is 1. The molecule has 0 fully saturated rings. The Bertz CT molecular complexity index is 726. The van der Waals surface area contributed by atoms with Crippen molar-refractivity contribution in [3.8, 4) is 10.4 Å². The first-order valence-corrected chi connectivity index (χ1v) is 7.42. The van der Waals surface area contributed by atoms with Crippen molar-refractivity contribution in [3.63, 3.8) is 0 Å². The summed E-state index contributed by atoms with van der Waals surface area (Å²) in [6.07, 6.45) is 6.39. The van der Waals surface area contributed by atoms with Crippen LogP contribution in [0, 0.1) is 0 Å². The molecule has 0 radical (unpaired) electrons. The van der Waals surface area contributed by atoms with Crippen LogP contribution in [0.5, 0.6) is 0 Å². The van der Waals surface area contributed by atoms with Gasteiger partial charge in [0.25, 0.3) is 0 Å². The third kappa shape index (κ3) is 2.86. The minimum Gasteiger partial charge on any atom is -0.202 e. The van der Waals surface area contributed by atoms with Gasteiger partial charge in [-0.2, -0.15) is 0 Å². The number of thiophene rings is 1. The molecule has 2 aromatic heterocycles. The number of benzene rings is 1. The van der Waals surface area contributed by atoms with E-state index in [-0.39, 0.29) is 0 Å². The molecule has 0 aliphatic heterocycles. The second-order valence-corrected chi connectivity index (χ2v) is 5.75. The zero-order valence-corrected chi connectivity index (χ0v) is 12.2. The highest BCUT2D eigenvalue weighted by atomic mass is 32.1. The van der Waals surface area contributed by atoms with Crippen molar-refractivity contribution in [1.82, 2.24) is 0 Å². The minimum atomic E-state index is 1.20. The maximum atomic E-state index is 2.19. The number of nitrogens with zero attached hydrogens (tertiary/aromatic N) is 1. The lowest BCUT2D eigenvalue weighted by Gasteiger charge is -1.94. The Hall–Kier alpha value is -2.19. The van der Waals surface area contributed by atoms with E-state index in [0.29, 0.717) is 0 Å². The number of pyridine rings is 1. The fourth-order valence-corrected chi connectivity index (χ4v) is 2.99. The standard InChI is InChI=1S/C18H16NS/c1-19-14-6-5-9-16(19)10-11-17-12-13-18(20-17)15-7-3-2-4-8-15/h2-14H,1H3/q+1/b11-10+. The molecule has 0 aliphatic rings. The molecule has 0 saturated heterocycles. The Labute approximate surface area is 123 Å². The first-order chi connectivity index (χ1) is 9.83. The van der Waals surface area contributed by atoms with Crippen molar-refractivity contribution < 1.29 is 4.57 Å². The highest BCUT2D eigenvalue weighted by molar-refractivity contribution is 7.16. The minimum absolute atomic E-state index is 1.20. The lowest BCUT2D eigenvalue weighted by molar-refractivity contribution is -0.673. The molecule has 0 spiro atoms. The van der Waals surface area contributed by atoms with E-state index < -0.39 is 0 Å². The predicted octanol–water partition coefficient (Wildman–Crippen LogP) is 4.41. The second kappa shape index (κ2) is 5.85. The van der Waals surface area contributed by atoms with Crippen LogP contribution in [0.3, 0.4) is 0 Å². The molecule has 1 nitrogen and oxygen atoms in total. The molecule has 20 heavy (non-hydrogen) atoms. The fourth-order valence-electron chi connectivity index (χ4n) is 2.08. The lowest BCUT2D eigenvalue weighted by atomic mass is 10.2. The second-order valence-electron chi connectivity index (χ2n) is 4.64. The Morgan fingerprint density at radius 1 is 0.850 bits per heavy atom.